The van der Waals surface area contributed by atoms with Crippen LogP contribution in [0.5, 0.6) is 0 Å². The second kappa shape index (κ2) is 7.26. The molecule has 0 saturated carbocycles. The molecule has 1 saturated heterocycles. The van der Waals surface area contributed by atoms with Gasteiger partial charge in [0.25, 0.3) is 0 Å². The highest BCUT2D eigenvalue weighted by molar-refractivity contribution is 9.10. The second-order valence-corrected chi connectivity index (χ2v) is 8.13. The summed E-state index contributed by atoms with van der Waals surface area (Å²) in [6.45, 7) is 3.67. The van der Waals surface area contributed by atoms with E-state index in [-0.39, 0.29) is 0 Å². The minimum absolute atomic E-state index is 0.950. The number of piperidine rings is 1. The Hall–Kier alpha value is -0.370. The van der Waals surface area contributed by atoms with Gasteiger partial charge in [0.1, 0.15) is 0 Å². The Morgan fingerprint density at radius 1 is 1.29 bits per heavy atom. The van der Waals surface area contributed by atoms with Gasteiger partial charge in [-0.25, -0.2) is 0 Å². The predicted octanol–water partition coefficient (Wildman–Crippen LogP) is 3.88. The number of nitrogens with zero attached hydrogens (tertiary/aromatic N) is 4. The van der Waals surface area contributed by atoms with Gasteiger partial charge in [-0.2, -0.15) is 0 Å². The van der Waals surface area contributed by atoms with Crippen LogP contribution in [0.15, 0.2) is 21.1 Å². The summed E-state index contributed by atoms with van der Waals surface area (Å²) >= 11 is 6.98. The molecule has 0 radical (unpaired) electrons. The molecular weight excluding hydrogens is 368 g/mol. The average Bonchev–Trinajstić information content (AvgIpc) is 3.07. The van der Waals surface area contributed by atoms with Gasteiger partial charge in [-0.15, -0.1) is 21.5 Å². The number of hydrogen-bond donors (Lipinski definition) is 0. The summed E-state index contributed by atoms with van der Waals surface area (Å²) in [5.74, 6) is 2.03. The molecule has 3 heterocycles. The average molecular weight is 387 g/mol. The van der Waals surface area contributed by atoms with Crippen molar-refractivity contribution in [2.45, 2.75) is 24.4 Å². The third-order valence-corrected chi connectivity index (χ3v) is 6.40. The number of rotatable bonds is 5. The van der Waals surface area contributed by atoms with Gasteiger partial charge in [0.2, 0.25) is 0 Å². The zero-order chi connectivity index (χ0) is 14.7. The highest BCUT2D eigenvalue weighted by atomic mass is 79.9. The monoisotopic (exact) mass is 386 g/mol. The Labute approximate surface area is 142 Å². The molecule has 0 aromatic carbocycles. The van der Waals surface area contributed by atoms with Crippen molar-refractivity contribution in [3.63, 3.8) is 0 Å². The fourth-order valence-electron chi connectivity index (χ4n) is 2.53. The lowest BCUT2D eigenvalue weighted by Crippen LogP contribution is -2.31. The van der Waals surface area contributed by atoms with Crippen molar-refractivity contribution in [3.8, 4) is 10.7 Å². The third kappa shape index (κ3) is 3.88. The van der Waals surface area contributed by atoms with Gasteiger partial charge in [-0.1, -0.05) is 18.2 Å². The van der Waals surface area contributed by atoms with Crippen molar-refractivity contribution in [1.29, 1.82) is 0 Å². The van der Waals surface area contributed by atoms with Crippen molar-refractivity contribution >= 4 is 39.0 Å². The van der Waals surface area contributed by atoms with Gasteiger partial charge in [-0.3, -0.25) is 0 Å². The minimum atomic E-state index is 0.950. The van der Waals surface area contributed by atoms with Crippen LogP contribution in [0.3, 0.4) is 0 Å². The Kier molecular flexibility index (Phi) is 5.37. The molecule has 0 amide bonds. The summed E-state index contributed by atoms with van der Waals surface area (Å²) in [5.41, 5.74) is 0. The Morgan fingerprint density at radius 3 is 2.81 bits per heavy atom. The Balaban J connectivity index is 1.57. The summed E-state index contributed by atoms with van der Waals surface area (Å²) < 4.78 is 3.20. The number of thioether (sulfide) groups is 1. The number of aromatic nitrogens is 3. The molecule has 0 N–H and O–H groups in total. The molecule has 1 aliphatic rings. The fourth-order valence-corrected chi connectivity index (χ4v) is 4.89. The van der Waals surface area contributed by atoms with Crippen LogP contribution in [0, 0.1) is 0 Å². The molecular formula is C14H19BrN4S2. The summed E-state index contributed by atoms with van der Waals surface area (Å²) in [7, 11) is 2.05. The van der Waals surface area contributed by atoms with Gasteiger partial charge in [-0.05, 0) is 47.9 Å². The Bertz CT molecular complexity index is 590. The lowest BCUT2D eigenvalue weighted by Gasteiger charge is -2.25. The van der Waals surface area contributed by atoms with Crippen LogP contribution >= 0.6 is 39.0 Å². The number of thiophene rings is 1. The van der Waals surface area contributed by atoms with Crippen LogP contribution in [0.25, 0.3) is 10.7 Å². The fraction of sp³-hybridized carbons (Fsp3) is 0.571. The molecule has 7 heteroatoms. The normalized spacial score (nSPS) is 16.5. The van der Waals surface area contributed by atoms with Crippen LogP contribution in [-0.4, -0.2) is 45.1 Å². The van der Waals surface area contributed by atoms with Gasteiger partial charge in [0.15, 0.2) is 11.0 Å². The first-order valence-electron chi connectivity index (χ1n) is 7.23. The summed E-state index contributed by atoms with van der Waals surface area (Å²) in [6.07, 6.45) is 4.10. The van der Waals surface area contributed by atoms with Crippen LogP contribution in [0.1, 0.15) is 19.3 Å². The number of likely N-dealkylation sites (tertiary alicyclic amines) is 1. The van der Waals surface area contributed by atoms with E-state index in [0.717, 1.165) is 32.6 Å². The van der Waals surface area contributed by atoms with E-state index in [4.69, 9.17) is 0 Å². The maximum absolute atomic E-state index is 4.33. The van der Waals surface area contributed by atoms with E-state index in [1.54, 1.807) is 23.1 Å². The van der Waals surface area contributed by atoms with Crippen molar-refractivity contribution < 1.29 is 0 Å². The first-order chi connectivity index (χ1) is 10.2. The first-order valence-corrected chi connectivity index (χ1v) is 9.89. The summed E-state index contributed by atoms with van der Waals surface area (Å²) in [5, 5.41) is 11.7. The highest BCUT2D eigenvalue weighted by Gasteiger charge is 2.14. The van der Waals surface area contributed by atoms with Crippen LogP contribution in [0.2, 0.25) is 0 Å². The molecule has 1 aliphatic heterocycles. The largest absolute Gasteiger partial charge is 0.304 e. The van der Waals surface area contributed by atoms with Crippen molar-refractivity contribution in [2.24, 2.45) is 7.05 Å². The van der Waals surface area contributed by atoms with Crippen LogP contribution in [-0.2, 0) is 7.05 Å². The SMILES string of the molecule is Cn1c(SCCN2CCCCC2)nnc1-c1cc(Br)cs1. The molecule has 4 nitrogen and oxygen atoms in total. The van der Waals surface area contributed by atoms with Crippen molar-refractivity contribution in [2.75, 3.05) is 25.4 Å². The lowest BCUT2D eigenvalue weighted by atomic mass is 10.1. The smallest absolute Gasteiger partial charge is 0.191 e. The second-order valence-electron chi connectivity index (χ2n) is 5.25. The molecule has 0 bridgehead atoms. The van der Waals surface area contributed by atoms with E-state index < -0.39 is 0 Å². The van der Waals surface area contributed by atoms with E-state index in [0.29, 0.717) is 0 Å². The molecule has 2 aromatic rings. The van der Waals surface area contributed by atoms with Gasteiger partial charge >= 0.3 is 0 Å². The molecule has 21 heavy (non-hydrogen) atoms. The molecule has 3 rings (SSSR count). The van der Waals surface area contributed by atoms with Crippen molar-refractivity contribution in [3.05, 3.63) is 15.9 Å². The minimum Gasteiger partial charge on any atom is -0.304 e. The molecule has 2 aromatic heterocycles. The van der Waals surface area contributed by atoms with Crippen LogP contribution < -0.4 is 0 Å². The van der Waals surface area contributed by atoms with E-state index in [1.807, 2.05) is 7.05 Å². The topological polar surface area (TPSA) is 34.0 Å². The third-order valence-electron chi connectivity index (χ3n) is 3.71. The van der Waals surface area contributed by atoms with Gasteiger partial charge in [0, 0.05) is 29.2 Å². The van der Waals surface area contributed by atoms with E-state index in [1.165, 1.54) is 32.4 Å². The number of hydrogen-bond acceptors (Lipinski definition) is 5. The lowest BCUT2D eigenvalue weighted by molar-refractivity contribution is 0.242. The summed E-state index contributed by atoms with van der Waals surface area (Å²) in [6, 6.07) is 2.09. The van der Waals surface area contributed by atoms with Gasteiger partial charge < -0.3 is 9.47 Å². The number of halogens is 1. The quantitative estimate of drug-likeness (QED) is 0.729. The van der Waals surface area contributed by atoms with Crippen molar-refractivity contribution in [1.82, 2.24) is 19.7 Å². The predicted molar refractivity (Wildman–Crippen MR) is 93.0 cm³/mol. The van der Waals surface area contributed by atoms with Crippen LogP contribution in [0.4, 0.5) is 0 Å². The molecule has 0 spiro atoms. The molecule has 0 atom stereocenters. The van der Waals surface area contributed by atoms with E-state index in [9.17, 15) is 0 Å². The van der Waals surface area contributed by atoms with E-state index >= 15 is 0 Å². The summed E-state index contributed by atoms with van der Waals surface area (Å²) in [4.78, 5) is 3.71. The highest BCUT2D eigenvalue weighted by Crippen LogP contribution is 2.30. The first kappa shape index (κ1) is 15.5. The van der Waals surface area contributed by atoms with E-state index in [2.05, 4.69) is 47.0 Å². The van der Waals surface area contributed by atoms with Gasteiger partial charge in [0.05, 0.1) is 4.88 Å². The molecule has 1 fully saturated rings. The maximum atomic E-state index is 4.33. The maximum Gasteiger partial charge on any atom is 0.191 e. The zero-order valence-electron chi connectivity index (χ0n) is 12.1. The Morgan fingerprint density at radius 2 is 2.10 bits per heavy atom. The zero-order valence-corrected chi connectivity index (χ0v) is 15.3. The molecule has 0 aliphatic carbocycles. The molecule has 114 valence electrons. The molecule has 0 unspecified atom stereocenters. The standard InChI is InChI=1S/C14H19BrN4S2/c1-18-13(12-9-11(15)10-21-12)16-17-14(18)20-8-7-19-5-3-2-4-6-19/h9-10H,2-8H2,1H3.